The Labute approximate surface area is 135 Å². The Hall–Kier alpha value is -2.43. The first-order chi connectivity index (χ1) is 10.7. The first-order valence-electron chi connectivity index (χ1n) is 6.40. The molecule has 2 heterocycles. The van der Waals surface area contributed by atoms with Crippen molar-refractivity contribution in [1.29, 1.82) is 5.26 Å². The van der Waals surface area contributed by atoms with Crippen molar-refractivity contribution in [3.63, 3.8) is 0 Å². The molecule has 0 fully saturated rings. The molecule has 0 aliphatic heterocycles. The number of benzene rings is 1. The third-order valence-corrected chi connectivity index (χ3v) is 4.11. The molecule has 1 aromatic carbocycles. The topological polar surface area (TPSA) is 87.6 Å². The van der Waals surface area contributed by atoms with Gasteiger partial charge in [0, 0.05) is 5.56 Å². The van der Waals surface area contributed by atoms with Crippen molar-refractivity contribution in [3.05, 3.63) is 46.9 Å². The van der Waals surface area contributed by atoms with Gasteiger partial charge in [-0.25, -0.2) is 0 Å². The van der Waals surface area contributed by atoms with Gasteiger partial charge in [0.1, 0.15) is 16.6 Å². The van der Waals surface area contributed by atoms with Crippen LogP contribution in [0.15, 0.2) is 34.9 Å². The predicted octanol–water partition coefficient (Wildman–Crippen LogP) is 3.89. The lowest BCUT2D eigenvalue weighted by Gasteiger charge is -2.08. The fourth-order valence-corrected chi connectivity index (χ4v) is 2.86. The summed E-state index contributed by atoms with van der Waals surface area (Å²) in [5.74, 6) is 0.944. The van der Waals surface area contributed by atoms with Crippen molar-refractivity contribution in [2.24, 2.45) is 0 Å². The summed E-state index contributed by atoms with van der Waals surface area (Å²) in [6, 6.07) is 11.3. The van der Waals surface area contributed by atoms with E-state index in [9.17, 15) is 0 Å². The van der Waals surface area contributed by atoms with E-state index < -0.39 is 0 Å². The molecule has 0 spiro atoms. The summed E-state index contributed by atoms with van der Waals surface area (Å²) >= 11 is 6.97. The fourth-order valence-electron chi connectivity index (χ4n) is 1.84. The summed E-state index contributed by atoms with van der Waals surface area (Å²) in [5.41, 5.74) is 1.18. The first-order valence-corrected chi connectivity index (χ1v) is 7.55. The van der Waals surface area contributed by atoms with Crippen molar-refractivity contribution < 1.29 is 4.52 Å². The van der Waals surface area contributed by atoms with Crippen LogP contribution < -0.4 is 5.32 Å². The number of aromatic nitrogens is 3. The molecule has 0 bridgehead atoms. The Morgan fingerprint density at radius 2 is 2.14 bits per heavy atom. The first kappa shape index (κ1) is 14.5. The molecule has 0 aliphatic rings. The van der Waals surface area contributed by atoms with Crippen LogP contribution in [0.4, 0.5) is 5.00 Å². The Bertz CT molecular complexity index is 823. The second kappa shape index (κ2) is 6.13. The summed E-state index contributed by atoms with van der Waals surface area (Å²) < 4.78 is 9.21. The SMILES string of the molecule is CC(Nc1snc(Cl)c1C#N)c1noc(-c2ccccc2)n1. The van der Waals surface area contributed by atoms with E-state index in [-0.39, 0.29) is 11.2 Å². The van der Waals surface area contributed by atoms with E-state index in [0.717, 1.165) is 17.1 Å². The fraction of sp³-hybridized carbons (Fsp3) is 0.143. The van der Waals surface area contributed by atoms with Gasteiger partial charge in [0.25, 0.3) is 5.89 Å². The maximum absolute atomic E-state index is 9.07. The Morgan fingerprint density at radius 1 is 1.36 bits per heavy atom. The predicted molar refractivity (Wildman–Crippen MR) is 83.6 cm³/mol. The average molecular weight is 332 g/mol. The number of nitriles is 1. The molecule has 1 atom stereocenters. The summed E-state index contributed by atoms with van der Waals surface area (Å²) in [6.07, 6.45) is 0. The number of nitrogens with one attached hydrogen (secondary N) is 1. The van der Waals surface area contributed by atoms with Crippen molar-refractivity contribution in [2.45, 2.75) is 13.0 Å². The zero-order valence-corrected chi connectivity index (χ0v) is 13.0. The van der Waals surface area contributed by atoms with Gasteiger partial charge in [-0.15, -0.1) is 0 Å². The zero-order valence-electron chi connectivity index (χ0n) is 11.4. The number of halogens is 1. The average Bonchev–Trinajstić information content (AvgIpc) is 3.15. The van der Waals surface area contributed by atoms with Crippen LogP contribution in [0.5, 0.6) is 0 Å². The van der Waals surface area contributed by atoms with Crippen LogP contribution in [0.1, 0.15) is 24.4 Å². The second-order valence-corrected chi connectivity index (χ2v) is 5.61. The molecule has 3 aromatic rings. The van der Waals surface area contributed by atoms with E-state index in [1.165, 1.54) is 0 Å². The minimum atomic E-state index is -0.246. The van der Waals surface area contributed by atoms with Crippen LogP contribution >= 0.6 is 23.1 Å². The molecule has 0 aliphatic carbocycles. The lowest BCUT2D eigenvalue weighted by atomic mass is 10.2. The largest absolute Gasteiger partial charge is 0.365 e. The molecule has 0 radical (unpaired) electrons. The third-order valence-electron chi connectivity index (χ3n) is 2.96. The van der Waals surface area contributed by atoms with E-state index in [4.69, 9.17) is 21.4 Å². The van der Waals surface area contributed by atoms with Crippen molar-refractivity contribution >= 4 is 28.1 Å². The highest BCUT2D eigenvalue weighted by molar-refractivity contribution is 7.10. The maximum atomic E-state index is 9.07. The molecule has 6 nitrogen and oxygen atoms in total. The van der Waals surface area contributed by atoms with Gasteiger partial charge in [-0.2, -0.15) is 14.6 Å². The zero-order chi connectivity index (χ0) is 15.5. The highest BCUT2D eigenvalue weighted by Crippen LogP contribution is 2.30. The Kier molecular flexibility index (Phi) is 4.04. The normalized spacial score (nSPS) is 11.9. The Morgan fingerprint density at radius 3 is 2.86 bits per heavy atom. The van der Waals surface area contributed by atoms with E-state index in [1.54, 1.807) is 0 Å². The molecular weight excluding hydrogens is 322 g/mol. The molecule has 110 valence electrons. The van der Waals surface area contributed by atoms with Gasteiger partial charge < -0.3 is 9.84 Å². The van der Waals surface area contributed by atoms with Crippen molar-refractivity contribution in [3.8, 4) is 17.5 Å². The second-order valence-electron chi connectivity index (χ2n) is 4.48. The number of hydrogen-bond acceptors (Lipinski definition) is 7. The number of hydrogen-bond donors (Lipinski definition) is 1. The molecule has 1 unspecified atom stereocenters. The highest BCUT2D eigenvalue weighted by Gasteiger charge is 2.18. The minimum absolute atomic E-state index is 0.195. The smallest absolute Gasteiger partial charge is 0.257 e. The lowest BCUT2D eigenvalue weighted by molar-refractivity contribution is 0.420. The van der Waals surface area contributed by atoms with E-state index >= 15 is 0 Å². The molecule has 8 heteroatoms. The minimum Gasteiger partial charge on any atom is -0.365 e. The summed E-state index contributed by atoms with van der Waals surface area (Å²) in [4.78, 5) is 4.37. The van der Waals surface area contributed by atoms with E-state index in [0.29, 0.717) is 22.3 Å². The third kappa shape index (κ3) is 2.79. The Balaban J connectivity index is 1.80. The van der Waals surface area contributed by atoms with Crippen LogP contribution in [0, 0.1) is 11.3 Å². The monoisotopic (exact) mass is 331 g/mol. The number of anilines is 1. The molecule has 0 amide bonds. The molecule has 3 rings (SSSR count). The van der Waals surface area contributed by atoms with Crippen molar-refractivity contribution in [1.82, 2.24) is 14.5 Å². The van der Waals surface area contributed by atoms with Gasteiger partial charge in [0.15, 0.2) is 11.0 Å². The lowest BCUT2D eigenvalue weighted by Crippen LogP contribution is -2.08. The molecular formula is C14H10ClN5OS. The van der Waals surface area contributed by atoms with Crippen LogP contribution in [0.2, 0.25) is 5.15 Å². The van der Waals surface area contributed by atoms with Crippen molar-refractivity contribution in [2.75, 3.05) is 5.32 Å². The van der Waals surface area contributed by atoms with Gasteiger partial charge >= 0.3 is 0 Å². The molecule has 0 saturated carbocycles. The van der Waals surface area contributed by atoms with Gasteiger partial charge in [0.05, 0.1) is 6.04 Å². The standard InChI is InChI=1S/C14H10ClN5OS/c1-8(17-14-10(7-16)11(15)20-22-14)12-18-13(21-19-12)9-5-3-2-4-6-9/h2-6,8,17H,1H3. The van der Waals surface area contributed by atoms with Crippen LogP contribution in [-0.4, -0.2) is 14.5 Å². The summed E-state index contributed by atoms with van der Waals surface area (Å²) in [6.45, 7) is 1.87. The van der Waals surface area contributed by atoms with Gasteiger partial charge in [-0.05, 0) is 30.6 Å². The maximum Gasteiger partial charge on any atom is 0.257 e. The number of nitrogens with zero attached hydrogens (tertiary/aromatic N) is 4. The molecule has 1 N–H and O–H groups in total. The summed E-state index contributed by atoms with van der Waals surface area (Å²) in [5, 5.41) is 16.9. The van der Waals surface area contributed by atoms with Gasteiger partial charge in [-0.3, -0.25) is 0 Å². The van der Waals surface area contributed by atoms with Crippen LogP contribution in [0.25, 0.3) is 11.5 Å². The molecule has 2 aromatic heterocycles. The van der Waals surface area contributed by atoms with Gasteiger partial charge in [-0.1, -0.05) is 35.0 Å². The summed E-state index contributed by atoms with van der Waals surface area (Å²) in [7, 11) is 0. The quantitative estimate of drug-likeness (QED) is 0.780. The number of rotatable bonds is 4. The molecule has 22 heavy (non-hydrogen) atoms. The highest BCUT2D eigenvalue weighted by atomic mass is 35.5. The van der Waals surface area contributed by atoms with E-state index in [2.05, 4.69) is 19.8 Å². The molecule has 0 saturated heterocycles. The van der Waals surface area contributed by atoms with Gasteiger partial charge in [0.2, 0.25) is 0 Å². The van der Waals surface area contributed by atoms with E-state index in [1.807, 2.05) is 43.3 Å². The van der Waals surface area contributed by atoms with Crippen LogP contribution in [0.3, 0.4) is 0 Å². The van der Waals surface area contributed by atoms with Crippen LogP contribution in [-0.2, 0) is 0 Å².